The number of rotatable bonds is 6. The number of ether oxygens (including phenoxy) is 2. The van der Waals surface area contributed by atoms with E-state index < -0.39 is 43.5 Å². The molecule has 0 fully saturated rings. The molecular formula is C24H14N4O10. The molecule has 0 N–H and O–H groups in total. The summed E-state index contributed by atoms with van der Waals surface area (Å²) in [6.07, 6.45) is 0. The maximum atomic E-state index is 13.2. The summed E-state index contributed by atoms with van der Waals surface area (Å²) < 4.78 is 11.1. The molecule has 0 bridgehead atoms. The monoisotopic (exact) mass is 518 g/mol. The van der Waals surface area contributed by atoms with Gasteiger partial charge >= 0.3 is 0 Å². The van der Waals surface area contributed by atoms with E-state index in [9.17, 15) is 39.4 Å². The van der Waals surface area contributed by atoms with Crippen LogP contribution in [0.1, 0.15) is 0 Å². The summed E-state index contributed by atoms with van der Waals surface area (Å²) in [5, 5.41) is 22.2. The molecule has 14 nitrogen and oxygen atoms in total. The lowest BCUT2D eigenvalue weighted by Gasteiger charge is -2.05. The largest absolute Gasteiger partial charge is 0.496 e. The zero-order valence-electron chi connectivity index (χ0n) is 19.5. The number of hydrogen-bond donors (Lipinski definition) is 0. The molecule has 0 aliphatic heterocycles. The first kappa shape index (κ1) is 24.1. The van der Waals surface area contributed by atoms with Gasteiger partial charge < -0.3 is 9.47 Å². The molecule has 0 saturated carbocycles. The van der Waals surface area contributed by atoms with Gasteiger partial charge in [-0.15, -0.1) is 0 Å². The third-order valence-corrected chi connectivity index (χ3v) is 6.13. The number of hydrogen-bond acceptors (Lipinski definition) is 10. The van der Waals surface area contributed by atoms with E-state index in [-0.39, 0.29) is 44.4 Å². The van der Waals surface area contributed by atoms with Gasteiger partial charge in [-0.25, -0.2) is 9.13 Å². The first-order chi connectivity index (χ1) is 18.1. The van der Waals surface area contributed by atoms with Crippen LogP contribution in [0.4, 0.5) is 11.4 Å². The lowest BCUT2D eigenvalue weighted by Crippen LogP contribution is -2.25. The normalized spacial score (nSPS) is 11.2. The molecule has 0 saturated heterocycles. The Hall–Kier alpha value is -5.66. The van der Waals surface area contributed by atoms with Crippen LogP contribution in [0.15, 0.2) is 67.7 Å². The van der Waals surface area contributed by atoms with Gasteiger partial charge in [0.05, 0.1) is 57.7 Å². The van der Waals surface area contributed by atoms with Crippen molar-refractivity contribution in [2.45, 2.75) is 0 Å². The van der Waals surface area contributed by atoms with E-state index in [2.05, 4.69) is 0 Å². The molecule has 5 rings (SSSR count). The molecular weight excluding hydrogens is 504 g/mol. The molecule has 0 unspecified atom stereocenters. The molecule has 190 valence electrons. The SMILES string of the molecule is COc1ccc(-n2c(=O)c3cc4c(=O)n(-c5ccc(OC)cc5[N+](=O)[O-])c(=O)c4cc3c2=O)c([N+](=O)[O-])c1. The summed E-state index contributed by atoms with van der Waals surface area (Å²) in [5.41, 5.74) is -5.59. The van der Waals surface area contributed by atoms with Crippen LogP contribution >= 0.6 is 0 Å². The number of nitro groups is 2. The number of nitrogens with zero attached hydrogens (tertiary/aromatic N) is 4. The van der Waals surface area contributed by atoms with Crippen molar-refractivity contribution in [3.05, 3.63) is 110 Å². The van der Waals surface area contributed by atoms with Crippen molar-refractivity contribution in [3.8, 4) is 22.9 Å². The van der Waals surface area contributed by atoms with E-state index in [0.29, 0.717) is 9.13 Å². The van der Waals surface area contributed by atoms with Crippen molar-refractivity contribution >= 4 is 32.9 Å². The fourth-order valence-electron chi connectivity index (χ4n) is 4.34. The van der Waals surface area contributed by atoms with Crippen LogP contribution in [0.3, 0.4) is 0 Å². The van der Waals surface area contributed by atoms with Crippen LogP contribution in [0, 0.1) is 20.2 Å². The van der Waals surface area contributed by atoms with Gasteiger partial charge in [-0.1, -0.05) is 0 Å². The van der Waals surface area contributed by atoms with Gasteiger partial charge in [0, 0.05) is 0 Å². The van der Waals surface area contributed by atoms with Crippen molar-refractivity contribution in [1.29, 1.82) is 0 Å². The Bertz CT molecular complexity index is 1830. The summed E-state index contributed by atoms with van der Waals surface area (Å²) in [5.74, 6) is 0.250. The van der Waals surface area contributed by atoms with Gasteiger partial charge in [0.1, 0.15) is 22.9 Å². The van der Waals surface area contributed by atoms with Crippen molar-refractivity contribution in [3.63, 3.8) is 0 Å². The van der Waals surface area contributed by atoms with E-state index in [0.717, 1.165) is 24.3 Å². The van der Waals surface area contributed by atoms with Crippen LogP contribution in [0.2, 0.25) is 0 Å². The molecule has 0 aliphatic rings. The van der Waals surface area contributed by atoms with E-state index in [1.54, 1.807) is 0 Å². The van der Waals surface area contributed by atoms with Crippen LogP contribution < -0.4 is 31.7 Å². The van der Waals surface area contributed by atoms with E-state index in [1.807, 2.05) is 0 Å². The lowest BCUT2D eigenvalue weighted by molar-refractivity contribution is -0.384. The zero-order chi connectivity index (χ0) is 27.5. The lowest BCUT2D eigenvalue weighted by atomic mass is 10.1. The van der Waals surface area contributed by atoms with E-state index >= 15 is 0 Å². The fourth-order valence-corrected chi connectivity index (χ4v) is 4.34. The van der Waals surface area contributed by atoms with E-state index in [1.165, 1.54) is 38.5 Å². The Morgan fingerprint density at radius 2 is 0.895 bits per heavy atom. The molecule has 3 aromatic carbocycles. The van der Waals surface area contributed by atoms with Gasteiger partial charge in [0.15, 0.2) is 0 Å². The van der Waals surface area contributed by atoms with Crippen molar-refractivity contribution in [2.24, 2.45) is 0 Å². The second-order valence-corrected chi connectivity index (χ2v) is 8.06. The van der Waals surface area contributed by atoms with Crippen molar-refractivity contribution in [1.82, 2.24) is 9.13 Å². The number of aromatic nitrogens is 2. The Balaban J connectivity index is 1.82. The topological polar surface area (TPSA) is 183 Å². The second-order valence-electron chi connectivity index (χ2n) is 8.06. The highest BCUT2D eigenvalue weighted by Crippen LogP contribution is 2.29. The van der Waals surface area contributed by atoms with Crippen LogP contribution in [0.25, 0.3) is 32.9 Å². The summed E-state index contributed by atoms with van der Waals surface area (Å²) in [7, 11) is 2.58. The Morgan fingerprint density at radius 1 is 0.579 bits per heavy atom. The number of benzene rings is 3. The van der Waals surface area contributed by atoms with Gasteiger partial charge in [-0.3, -0.25) is 39.4 Å². The molecule has 38 heavy (non-hydrogen) atoms. The minimum absolute atomic E-state index is 0.125. The molecule has 0 aliphatic carbocycles. The molecule has 0 amide bonds. The Kier molecular flexibility index (Phi) is 5.37. The zero-order valence-corrected chi connectivity index (χ0v) is 19.5. The number of methoxy groups -OCH3 is 2. The first-order valence-corrected chi connectivity index (χ1v) is 10.7. The quantitative estimate of drug-likeness (QED) is 0.237. The molecule has 0 spiro atoms. The summed E-state index contributed by atoms with van der Waals surface area (Å²) in [6, 6.07) is 9.18. The standard InChI is InChI=1S/C24H14N4O10/c1-37-11-3-5-17(19(7-11)27(33)34)25-21(29)13-9-15-16(10-14(13)22(25)30)24(32)26(23(15)31)18-6-4-12(38-2)8-20(18)28(35)36/h3-10H,1-2H3. The maximum absolute atomic E-state index is 13.2. The summed E-state index contributed by atoms with van der Waals surface area (Å²) in [4.78, 5) is 74.6. The fraction of sp³-hybridized carbons (Fsp3) is 0.0833. The third-order valence-electron chi connectivity index (χ3n) is 6.13. The van der Waals surface area contributed by atoms with Gasteiger partial charge in [0.2, 0.25) is 0 Å². The average Bonchev–Trinajstić information content (AvgIpc) is 3.30. The molecule has 5 aromatic rings. The average molecular weight is 518 g/mol. The predicted molar refractivity (Wildman–Crippen MR) is 134 cm³/mol. The molecule has 0 atom stereocenters. The van der Waals surface area contributed by atoms with Gasteiger partial charge in [-0.2, -0.15) is 0 Å². The summed E-state index contributed by atoms with van der Waals surface area (Å²) >= 11 is 0. The molecule has 2 aromatic heterocycles. The Morgan fingerprint density at radius 3 is 1.16 bits per heavy atom. The molecule has 14 heteroatoms. The Labute approximate surface area is 209 Å². The number of fused-ring (bicyclic) bond motifs is 2. The van der Waals surface area contributed by atoms with Gasteiger partial charge in [-0.05, 0) is 36.4 Å². The molecule has 0 radical (unpaired) electrons. The highest BCUT2D eigenvalue weighted by molar-refractivity contribution is 5.98. The first-order valence-electron chi connectivity index (χ1n) is 10.7. The van der Waals surface area contributed by atoms with Crippen LogP contribution in [0.5, 0.6) is 11.5 Å². The minimum Gasteiger partial charge on any atom is -0.496 e. The highest BCUT2D eigenvalue weighted by Gasteiger charge is 2.27. The minimum atomic E-state index is -0.949. The maximum Gasteiger partial charge on any atom is 0.297 e. The van der Waals surface area contributed by atoms with Crippen LogP contribution in [-0.2, 0) is 0 Å². The number of nitro benzene ring substituents is 2. The van der Waals surface area contributed by atoms with Crippen molar-refractivity contribution in [2.75, 3.05) is 14.2 Å². The van der Waals surface area contributed by atoms with Gasteiger partial charge in [0.25, 0.3) is 33.6 Å². The predicted octanol–water partition coefficient (Wildman–Crippen LogP) is 1.72. The highest BCUT2D eigenvalue weighted by atomic mass is 16.6. The summed E-state index contributed by atoms with van der Waals surface area (Å²) in [6.45, 7) is 0. The van der Waals surface area contributed by atoms with Crippen LogP contribution in [-0.4, -0.2) is 33.2 Å². The van der Waals surface area contributed by atoms with E-state index in [4.69, 9.17) is 9.47 Å². The third kappa shape index (κ3) is 3.35. The van der Waals surface area contributed by atoms with Crippen molar-refractivity contribution < 1.29 is 19.3 Å². The molecule has 2 heterocycles. The second kappa shape index (κ2) is 8.48. The smallest absolute Gasteiger partial charge is 0.297 e.